The van der Waals surface area contributed by atoms with E-state index in [1.807, 2.05) is 13.8 Å². The van der Waals surface area contributed by atoms with Crippen LogP contribution in [-0.4, -0.2) is 50.6 Å². The van der Waals surface area contributed by atoms with Crippen molar-refractivity contribution >= 4 is 21.7 Å². The summed E-state index contributed by atoms with van der Waals surface area (Å²) in [6, 6.07) is 4.88. The van der Waals surface area contributed by atoms with E-state index in [0.717, 1.165) is 11.1 Å². The maximum atomic E-state index is 13.2. The molecule has 0 aliphatic heterocycles. The summed E-state index contributed by atoms with van der Waals surface area (Å²) in [6.07, 6.45) is 1.72. The minimum Gasteiger partial charge on any atom is -0.454 e. The largest absolute Gasteiger partial charge is 0.454 e. The van der Waals surface area contributed by atoms with Gasteiger partial charge in [-0.15, -0.1) is 0 Å². The molecule has 0 unspecified atom stereocenters. The summed E-state index contributed by atoms with van der Waals surface area (Å²) in [5.74, 6) is -1.21. The Labute approximate surface area is 149 Å². The Kier molecular flexibility index (Phi) is 5.56. The molecule has 6 nitrogen and oxygen atoms in total. The second kappa shape index (κ2) is 7.15. The monoisotopic (exact) mass is 367 g/mol. The van der Waals surface area contributed by atoms with Crippen molar-refractivity contribution in [3.63, 3.8) is 0 Å². The molecule has 25 heavy (non-hydrogen) atoms. The third-order valence-electron chi connectivity index (χ3n) is 4.91. The van der Waals surface area contributed by atoms with Gasteiger partial charge in [0.1, 0.15) is 0 Å². The maximum absolute atomic E-state index is 13.2. The number of benzene rings is 1. The zero-order chi connectivity index (χ0) is 18.8. The van der Waals surface area contributed by atoms with E-state index in [2.05, 4.69) is 0 Å². The highest BCUT2D eigenvalue weighted by Gasteiger charge is 2.54. The van der Waals surface area contributed by atoms with Gasteiger partial charge in [0.15, 0.2) is 21.2 Å². The Morgan fingerprint density at radius 2 is 1.72 bits per heavy atom. The number of carbonyl (C=O) groups is 2. The lowest BCUT2D eigenvalue weighted by Gasteiger charge is -2.27. The highest BCUT2D eigenvalue weighted by atomic mass is 32.2. The van der Waals surface area contributed by atoms with Crippen molar-refractivity contribution < 1.29 is 22.7 Å². The number of ether oxygens (including phenoxy) is 1. The first-order valence-corrected chi connectivity index (χ1v) is 9.79. The van der Waals surface area contributed by atoms with Crippen molar-refractivity contribution in [2.24, 2.45) is 0 Å². The van der Waals surface area contributed by atoms with Gasteiger partial charge in [-0.2, -0.15) is 0 Å². The Morgan fingerprint density at radius 1 is 1.12 bits per heavy atom. The first-order valence-electron chi connectivity index (χ1n) is 8.31. The van der Waals surface area contributed by atoms with Gasteiger partial charge in [0, 0.05) is 14.1 Å². The Hall–Kier alpha value is -1.89. The van der Waals surface area contributed by atoms with Crippen LogP contribution in [0.3, 0.4) is 0 Å². The molecule has 1 fully saturated rings. The summed E-state index contributed by atoms with van der Waals surface area (Å²) in [5.41, 5.74) is 1.84. The standard InChI is InChI=1S/C18H25NO5S/c1-13-7-8-15(11-14(13)2)25(22,23)18(9-5-6-10-18)17(21)24-12-16(20)19(3)4/h7-8,11H,5-6,9-10,12H2,1-4H3. The molecular formula is C18H25NO5S. The third kappa shape index (κ3) is 3.56. The van der Waals surface area contributed by atoms with E-state index < -0.39 is 27.2 Å². The SMILES string of the molecule is Cc1ccc(S(=O)(=O)C2(C(=O)OCC(=O)N(C)C)CCCC2)cc1C. The predicted octanol–water partition coefficient (Wildman–Crippen LogP) is 2.02. The average molecular weight is 367 g/mol. The van der Waals surface area contributed by atoms with Gasteiger partial charge in [-0.25, -0.2) is 8.42 Å². The molecule has 0 aromatic heterocycles. The fraction of sp³-hybridized carbons (Fsp3) is 0.556. The van der Waals surface area contributed by atoms with E-state index >= 15 is 0 Å². The van der Waals surface area contributed by atoms with Crippen LogP contribution in [-0.2, 0) is 24.2 Å². The molecule has 1 aliphatic rings. The van der Waals surface area contributed by atoms with Gasteiger partial charge in [-0.1, -0.05) is 18.9 Å². The summed E-state index contributed by atoms with van der Waals surface area (Å²) < 4.78 is 30.0. The molecular weight excluding hydrogens is 342 g/mol. The van der Waals surface area contributed by atoms with Crippen LogP contribution in [0.1, 0.15) is 36.8 Å². The number of carbonyl (C=O) groups excluding carboxylic acids is 2. The summed E-state index contributed by atoms with van der Waals surface area (Å²) in [5, 5.41) is 0. The smallest absolute Gasteiger partial charge is 0.328 e. The number of sulfone groups is 1. The molecule has 0 spiro atoms. The van der Waals surface area contributed by atoms with Crippen molar-refractivity contribution in [1.82, 2.24) is 4.90 Å². The van der Waals surface area contributed by atoms with Crippen molar-refractivity contribution in [2.75, 3.05) is 20.7 Å². The number of amides is 1. The number of likely N-dealkylation sites (N-methyl/N-ethyl adjacent to an activating group) is 1. The number of rotatable bonds is 5. The Bertz CT molecular complexity index is 777. The lowest BCUT2D eigenvalue weighted by atomic mass is 10.1. The zero-order valence-corrected chi connectivity index (χ0v) is 16.0. The van der Waals surface area contributed by atoms with Crippen molar-refractivity contribution in [3.05, 3.63) is 29.3 Å². The number of aryl methyl sites for hydroxylation is 2. The minimum atomic E-state index is -3.91. The molecule has 1 aromatic rings. The van der Waals surface area contributed by atoms with Gasteiger partial charge in [-0.3, -0.25) is 9.59 Å². The highest BCUT2D eigenvalue weighted by molar-refractivity contribution is 7.93. The van der Waals surface area contributed by atoms with Crippen LogP contribution in [0.15, 0.2) is 23.1 Å². The third-order valence-corrected chi connectivity index (χ3v) is 7.39. The Balaban J connectivity index is 2.36. The molecule has 1 aliphatic carbocycles. The van der Waals surface area contributed by atoms with Gasteiger partial charge in [0.25, 0.3) is 5.91 Å². The van der Waals surface area contributed by atoms with Gasteiger partial charge in [-0.05, 0) is 49.9 Å². The van der Waals surface area contributed by atoms with Crippen LogP contribution >= 0.6 is 0 Å². The van der Waals surface area contributed by atoms with Gasteiger partial charge < -0.3 is 9.64 Å². The van der Waals surface area contributed by atoms with Crippen molar-refractivity contribution in [2.45, 2.75) is 49.2 Å². The molecule has 7 heteroatoms. The van der Waals surface area contributed by atoms with E-state index in [1.54, 1.807) is 26.2 Å². The molecule has 0 N–H and O–H groups in total. The van der Waals surface area contributed by atoms with Gasteiger partial charge in [0.2, 0.25) is 0 Å². The molecule has 0 radical (unpaired) electrons. The van der Waals surface area contributed by atoms with Crippen LogP contribution in [0.4, 0.5) is 0 Å². The molecule has 1 aromatic carbocycles. The van der Waals surface area contributed by atoms with E-state index in [1.165, 1.54) is 11.0 Å². The predicted molar refractivity (Wildman–Crippen MR) is 94.0 cm³/mol. The highest BCUT2D eigenvalue weighted by Crippen LogP contribution is 2.41. The van der Waals surface area contributed by atoms with Crippen LogP contribution in [0, 0.1) is 13.8 Å². The molecule has 1 saturated carbocycles. The van der Waals surface area contributed by atoms with E-state index in [4.69, 9.17) is 4.74 Å². The first kappa shape index (κ1) is 19.4. The average Bonchev–Trinajstić information content (AvgIpc) is 3.06. The normalized spacial score (nSPS) is 16.5. The van der Waals surface area contributed by atoms with E-state index in [0.29, 0.717) is 12.8 Å². The van der Waals surface area contributed by atoms with E-state index in [-0.39, 0.29) is 23.6 Å². The fourth-order valence-corrected chi connectivity index (χ4v) is 5.16. The maximum Gasteiger partial charge on any atom is 0.328 e. The van der Waals surface area contributed by atoms with Crippen LogP contribution in [0.5, 0.6) is 0 Å². The molecule has 1 amide bonds. The number of nitrogens with zero attached hydrogens (tertiary/aromatic N) is 1. The molecule has 138 valence electrons. The van der Waals surface area contributed by atoms with E-state index in [9.17, 15) is 18.0 Å². The first-order chi connectivity index (χ1) is 11.6. The number of hydrogen-bond donors (Lipinski definition) is 0. The number of hydrogen-bond acceptors (Lipinski definition) is 5. The minimum absolute atomic E-state index is 0.133. The van der Waals surface area contributed by atoms with Gasteiger partial charge in [0.05, 0.1) is 4.90 Å². The summed E-state index contributed by atoms with van der Waals surface area (Å²) >= 11 is 0. The number of esters is 1. The lowest BCUT2D eigenvalue weighted by Crippen LogP contribution is -2.46. The quantitative estimate of drug-likeness (QED) is 0.744. The van der Waals surface area contributed by atoms with Crippen molar-refractivity contribution in [1.29, 1.82) is 0 Å². The Morgan fingerprint density at radius 3 is 2.24 bits per heavy atom. The fourth-order valence-electron chi connectivity index (χ4n) is 3.02. The second-order valence-corrected chi connectivity index (χ2v) is 9.07. The lowest BCUT2D eigenvalue weighted by molar-refractivity contribution is -0.153. The molecule has 0 atom stereocenters. The van der Waals surface area contributed by atoms with Crippen LogP contribution in [0.2, 0.25) is 0 Å². The summed E-state index contributed by atoms with van der Waals surface area (Å²) in [7, 11) is -0.809. The molecule has 0 bridgehead atoms. The van der Waals surface area contributed by atoms with Gasteiger partial charge >= 0.3 is 5.97 Å². The zero-order valence-electron chi connectivity index (χ0n) is 15.2. The molecule has 2 rings (SSSR count). The van der Waals surface area contributed by atoms with Crippen molar-refractivity contribution in [3.8, 4) is 0 Å². The molecule has 0 heterocycles. The topological polar surface area (TPSA) is 80.7 Å². The molecule has 0 saturated heterocycles. The van der Waals surface area contributed by atoms with Crippen LogP contribution in [0.25, 0.3) is 0 Å². The summed E-state index contributed by atoms with van der Waals surface area (Å²) in [6.45, 7) is 3.29. The second-order valence-electron chi connectivity index (χ2n) is 6.82. The van der Waals surface area contributed by atoms with Crippen LogP contribution < -0.4 is 0 Å². The summed E-state index contributed by atoms with van der Waals surface area (Å²) in [4.78, 5) is 25.8.